The quantitative estimate of drug-likeness (QED) is 0.0159. The summed E-state index contributed by atoms with van der Waals surface area (Å²) in [4.78, 5) is 98.6. The van der Waals surface area contributed by atoms with E-state index in [2.05, 4.69) is 152 Å². The highest BCUT2D eigenvalue weighted by atomic mass is 16.6. The molecule has 0 fully saturated rings. The fraction of sp³-hybridized carbons (Fsp3) is 0.805. The van der Waals surface area contributed by atoms with E-state index in [9.17, 15) is 38.4 Å². The van der Waals surface area contributed by atoms with Gasteiger partial charge >= 0.3 is 48.7 Å². The SMILES string of the molecule is C=COCCCCOC(=O)NCCC(C)CC(C)(C)CNC(=O)OCC(C)(CC)COC(=O)NCC(C)(C)CC(C)CCNC(=O)OCCCCOC=C.C=COCCCCOC(=O)NCCC(C)CC(C)(C)CNC(=O)OCC(CC)(COCC)COC(=O)NCC(C)(C)CC(C)CCNC(=O)OCCCCOC=C. The maximum absolute atomic E-state index is 12.8. The fourth-order valence-corrected chi connectivity index (χ4v) is 11.9. The predicted molar refractivity (Wildman–Crippen MR) is 433 cm³/mol. The summed E-state index contributed by atoms with van der Waals surface area (Å²) in [6, 6.07) is 0. The van der Waals surface area contributed by atoms with E-state index in [1.54, 1.807) is 0 Å². The zero-order valence-electron chi connectivity index (χ0n) is 71.3. The minimum Gasteiger partial charge on any atom is -0.502 e. The number of carbonyl (C=O) groups is 8. The number of alkyl carbamates (subject to hydrolysis) is 8. The fourth-order valence-electron chi connectivity index (χ4n) is 11.9. The minimum atomic E-state index is -0.721. The first-order chi connectivity index (χ1) is 52.5. The second-order valence-corrected chi connectivity index (χ2v) is 32.7. The summed E-state index contributed by atoms with van der Waals surface area (Å²) in [5.41, 5.74) is -2.11. The first-order valence-electron chi connectivity index (χ1n) is 40.2. The molecule has 0 saturated heterocycles. The van der Waals surface area contributed by atoms with Gasteiger partial charge < -0.3 is 104 Å². The molecule has 29 heteroatoms. The Balaban J connectivity index is 0. The second-order valence-electron chi connectivity index (χ2n) is 32.7. The van der Waals surface area contributed by atoms with E-state index < -0.39 is 59.6 Å². The number of hydrogen-bond acceptors (Lipinski definition) is 21. The molecule has 111 heavy (non-hydrogen) atoms. The molecule has 4 atom stereocenters. The van der Waals surface area contributed by atoms with Crippen LogP contribution in [0, 0.1) is 56.2 Å². The van der Waals surface area contributed by atoms with E-state index in [4.69, 9.17) is 61.6 Å². The molecule has 0 radical (unpaired) electrons. The topological polar surface area (TPSA) is 353 Å². The third-order valence-electron chi connectivity index (χ3n) is 18.4. The number of amides is 8. The molecule has 0 heterocycles. The van der Waals surface area contributed by atoms with Crippen LogP contribution in [0.1, 0.15) is 226 Å². The summed E-state index contributed by atoms with van der Waals surface area (Å²) in [6.07, 6.45) is 15.3. The summed E-state index contributed by atoms with van der Waals surface area (Å²) in [7, 11) is 0. The van der Waals surface area contributed by atoms with Crippen molar-refractivity contribution in [2.24, 2.45) is 56.2 Å². The van der Waals surface area contributed by atoms with Gasteiger partial charge in [0.1, 0.15) is 26.4 Å². The Morgan fingerprint density at radius 3 is 0.748 bits per heavy atom. The molecule has 0 rings (SSSR count). The van der Waals surface area contributed by atoms with Gasteiger partial charge in [0.15, 0.2) is 0 Å². The van der Waals surface area contributed by atoms with Crippen LogP contribution in [0.3, 0.4) is 0 Å². The average Bonchev–Trinajstić information content (AvgIpc) is 0.865. The molecule has 0 aliphatic heterocycles. The second kappa shape index (κ2) is 62.8. The monoisotopic (exact) mass is 1590 g/mol. The predicted octanol–water partition coefficient (Wildman–Crippen LogP) is 16.2. The van der Waals surface area contributed by atoms with Crippen molar-refractivity contribution in [1.82, 2.24) is 42.5 Å². The highest BCUT2D eigenvalue weighted by molar-refractivity contribution is 5.70. The minimum absolute atomic E-state index is 0.0130. The average molecular weight is 1590 g/mol. The van der Waals surface area contributed by atoms with Gasteiger partial charge in [-0.25, -0.2) is 38.4 Å². The van der Waals surface area contributed by atoms with E-state index in [1.165, 1.54) is 25.0 Å². The van der Waals surface area contributed by atoms with E-state index in [0.29, 0.717) is 136 Å². The number of unbranched alkanes of at least 4 members (excludes halogenated alkanes) is 4. The van der Waals surface area contributed by atoms with Crippen LogP contribution in [0.4, 0.5) is 38.4 Å². The molecule has 0 aromatic carbocycles. The molecule has 8 N–H and O–H groups in total. The number of rotatable bonds is 65. The van der Waals surface area contributed by atoms with Gasteiger partial charge in [0, 0.05) is 64.4 Å². The molecule has 646 valence electrons. The van der Waals surface area contributed by atoms with Gasteiger partial charge in [-0.3, -0.25) is 0 Å². The van der Waals surface area contributed by atoms with Crippen LogP contribution >= 0.6 is 0 Å². The lowest BCUT2D eigenvalue weighted by Gasteiger charge is -2.32. The van der Waals surface area contributed by atoms with E-state index in [1.807, 2.05) is 27.7 Å². The van der Waals surface area contributed by atoms with Gasteiger partial charge in [0.2, 0.25) is 0 Å². The third kappa shape index (κ3) is 63.5. The van der Waals surface area contributed by atoms with Gasteiger partial charge in [-0.2, -0.15) is 0 Å². The molecule has 0 aliphatic carbocycles. The molecule has 4 unspecified atom stereocenters. The molecule has 0 aromatic heterocycles. The molecule has 8 amide bonds. The molecule has 0 aromatic rings. The molecule has 0 bridgehead atoms. The van der Waals surface area contributed by atoms with Gasteiger partial charge in [-0.15, -0.1) is 0 Å². The molecule has 0 spiro atoms. The zero-order valence-corrected chi connectivity index (χ0v) is 71.3. The largest absolute Gasteiger partial charge is 0.502 e. The van der Waals surface area contributed by atoms with Crippen molar-refractivity contribution >= 4 is 48.7 Å². The number of nitrogens with one attached hydrogen (secondary N) is 8. The number of hydrogen-bond donors (Lipinski definition) is 8. The van der Waals surface area contributed by atoms with Crippen LogP contribution in [0.5, 0.6) is 0 Å². The lowest BCUT2D eigenvalue weighted by molar-refractivity contribution is -0.0361. The first kappa shape index (κ1) is 105. The summed E-state index contributed by atoms with van der Waals surface area (Å²) >= 11 is 0. The Morgan fingerprint density at radius 2 is 0.532 bits per heavy atom. The normalized spacial score (nSPS) is 13.5. The standard InChI is InChI=1S/C42H78N4O11.C40H74N4O10/c1-11-42(31-53-14-4,32-56-38(49)45-29-40(7,8)27-34(5)19-21-43-36(47)54-25-17-15-23-51-12-2)33-57-39(50)46-30-41(9,10)28-35(6)20-22-44-37(48)55-26-18-16-24-52-13-3;1-11-40(10,30-53-36(47)43-28-38(6,7)26-32(4)18-20-41-34(45)51-24-16-14-22-49-12-2)31-54-37(48)44-29-39(8,9)27-33(5)19-21-42-35(46)52-25-17-15-23-50-13-3/h12-13,34-35H,2-3,11,14-33H2,1,4-10H3,(H,43,47)(H,44,48)(H,45,49)(H,46,50);12-13,32-33H,2-3,11,14-31H2,1,4-10H3,(H,41,45)(H,42,46)(H,43,47)(H,44,48). The molecule has 29 nitrogen and oxygen atoms in total. The summed E-state index contributed by atoms with van der Waals surface area (Å²) < 4.78 is 69.1. The lowest BCUT2D eigenvalue weighted by Crippen LogP contribution is -2.43. The Labute approximate surface area is 667 Å². The summed E-state index contributed by atoms with van der Waals surface area (Å²) in [5, 5.41) is 22.7. The van der Waals surface area contributed by atoms with Gasteiger partial charge in [0.05, 0.1) is 89.9 Å². The van der Waals surface area contributed by atoms with Gasteiger partial charge in [-0.1, -0.05) is 130 Å². The van der Waals surface area contributed by atoms with Crippen molar-refractivity contribution in [3.8, 4) is 0 Å². The van der Waals surface area contributed by atoms with Crippen molar-refractivity contribution in [3.05, 3.63) is 51.4 Å². The van der Waals surface area contributed by atoms with Crippen molar-refractivity contribution < 1.29 is 99.9 Å². The van der Waals surface area contributed by atoms with Crippen molar-refractivity contribution in [1.29, 1.82) is 0 Å². The van der Waals surface area contributed by atoms with E-state index in [-0.39, 0.29) is 66.5 Å². The molecule has 0 saturated carbocycles. The Hall–Kier alpha value is -7.72. The van der Waals surface area contributed by atoms with E-state index >= 15 is 0 Å². The maximum atomic E-state index is 12.8. The van der Waals surface area contributed by atoms with Crippen LogP contribution in [0.25, 0.3) is 0 Å². The molecular formula is C82H152N8O21. The Bertz CT molecular complexity index is 2400. The summed E-state index contributed by atoms with van der Waals surface area (Å²) in [5.74, 6) is 1.18. The number of ether oxygens (including phenoxy) is 13. The molecule has 0 aliphatic rings. The lowest BCUT2D eigenvalue weighted by atomic mass is 9.82. The number of carbonyl (C=O) groups excluding carboxylic acids is 8. The Morgan fingerprint density at radius 1 is 0.306 bits per heavy atom. The molecular weight excluding hydrogens is 1430 g/mol. The van der Waals surface area contributed by atoms with Gasteiger partial charge in [-0.05, 0) is 168 Å². The van der Waals surface area contributed by atoms with Crippen LogP contribution in [-0.2, 0) is 61.6 Å². The van der Waals surface area contributed by atoms with Crippen LogP contribution in [0.2, 0.25) is 0 Å². The van der Waals surface area contributed by atoms with Crippen LogP contribution < -0.4 is 42.5 Å². The van der Waals surface area contributed by atoms with Crippen LogP contribution in [0.15, 0.2) is 51.4 Å². The highest BCUT2D eigenvalue weighted by Crippen LogP contribution is 2.31. The van der Waals surface area contributed by atoms with Crippen molar-refractivity contribution in [2.75, 3.05) is 145 Å². The van der Waals surface area contributed by atoms with Crippen LogP contribution in [-0.4, -0.2) is 194 Å². The van der Waals surface area contributed by atoms with E-state index in [0.717, 1.165) is 103 Å². The Kier molecular flexibility index (Phi) is 59.6. The smallest absolute Gasteiger partial charge is 0.407 e. The van der Waals surface area contributed by atoms with Crippen molar-refractivity contribution in [3.63, 3.8) is 0 Å². The van der Waals surface area contributed by atoms with Crippen molar-refractivity contribution in [2.45, 2.75) is 226 Å². The third-order valence-corrected chi connectivity index (χ3v) is 18.4. The highest BCUT2D eigenvalue weighted by Gasteiger charge is 2.35. The zero-order chi connectivity index (χ0) is 83.9. The summed E-state index contributed by atoms with van der Waals surface area (Å²) in [6.45, 7) is 54.9. The maximum Gasteiger partial charge on any atom is 0.407 e. The van der Waals surface area contributed by atoms with Gasteiger partial charge in [0.25, 0.3) is 0 Å². The first-order valence-corrected chi connectivity index (χ1v) is 40.2.